The Kier molecular flexibility index (Phi) is 6.06. The van der Waals surface area contributed by atoms with Crippen LogP contribution in [0.3, 0.4) is 0 Å². The van der Waals surface area contributed by atoms with Gasteiger partial charge in [-0.1, -0.05) is 37.3 Å². The average molecular weight is 367 g/mol. The van der Waals surface area contributed by atoms with Crippen LogP contribution in [-0.2, 0) is 11.2 Å². The number of carboxylic acid groups (broad SMARTS) is 1. The highest BCUT2D eigenvalue weighted by Gasteiger charge is 2.22. The van der Waals surface area contributed by atoms with Crippen molar-refractivity contribution in [3.05, 3.63) is 59.8 Å². The number of carboxylic acids is 1. The SMILES string of the molecule is CC1CCN(C(=O)c2ccc(N[C@H](Cc3ccccc3)C(=O)O)nc2)CC1. The normalized spacial score (nSPS) is 16.0. The number of hydrogen-bond donors (Lipinski definition) is 2. The quantitative estimate of drug-likeness (QED) is 0.820. The number of hydrogen-bond acceptors (Lipinski definition) is 4. The summed E-state index contributed by atoms with van der Waals surface area (Å²) >= 11 is 0. The van der Waals surface area contributed by atoms with Crippen molar-refractivity contribution in [2.45, 2.75) is 32.2 Å². The van der Waals surface area contributed by atoms with E-state index in [1.54, 1.807) is 12.1 Å². The second-order valence-corrected chi connectivity index (χ2v) is 7.13. The van der Waals surface area contributed by atoms with Gasteiger partial charge in [0.05, 0.1) is 5.56 Å². The van der Waals surface area contributed by atoms with E-state index in [1.165, 1.54) is 6.20 Å². The number of pyridine rings is 1. The van der Waals surface area contributed by atoms with Gasteiger partial charge in [-0.25, -0.2) is 9.78 Å². The van der Waals surface area contributed by atoms with Crippen molar-refractivity contribution >= 4 is 17.7 Å². The first-order valence-corrected chi connectivity index (χ1v) is 9.31. The first-order chi connectivity index (χ1) is 13.0. The van der Waals surface area contributed by atoms with Crippen molar-refractivity contribution in [2.75, 3.05) is 18.4 Å². The molecular formula is C21H25N3O3. The van der Waals surface area contributed by atoms with Gasteiger partial charge in [-0.05, 0) is 36.5 Å². The van der Waals surface area contributed by atoms with E-state index in [-0.39, 0.29) is 5.91 Å². The van der Waals surface area contributed by atoms with Gasteiger partial charge in [0.1, 0.15) is 11.9 Å². The Bertz CT molecular complexity index is 769. The van der Waals surface area contributed by atoms with E-state index in [2.05, 4.69) is 17.2 Å². The molecule has 0 spiro atoms. The zero-order valence-corrected chi connectivity index (χ0v) is 15.5. The number of nitrogens with zero attached hydrogens (tertiary/aromatic N) is 2. The average Bonchev–Trinajstić information content (AvgIpc) is 2.69. The number of rotatable bonds is 6. The molecule has 1 aliphatic rings. The number of likely N-dealkylation sites (tertiary alicyclic amines) is 1. The van der Waals surface area contributed by atoms with Crippen molar-refractivity contribution in [2.24, 2.45) is 5.92 Å². The van der Waals surface area contributed by atoms with Crippen LogP contribution in [0.15, 0.2) is 48.7 Å². The Morgan fingerprint density at radius 1 is 1.19 bits per heavy atom. The summed E-state index contributed by atoms with van der Waals surface area (Å²) in [6.45, 7) is 3.76. The molecule has 1 aliphatic heterocycles. The van der Waals surface area contributed by atoms with Gasteiger partial charge in [-0.15, -0.1) is 0 Å². The van der Waals surface area contributed by atoms with E-state index in [9.17, 15) is 14.7 Å². The lowest BCUT2D eigenvalue weighted by Gasteiger charge is -2.30. The number of benzene rings is 1. The summed E-state index contributed by atoms with van der Waals surface area (Å²) in [7, 11) is 0. The molecule has 142 valence electrons. The largest absolute Gasteiger partial charge is 0.480 e. The van der Waals surface area contributed by atoms with Crippen molar-refractivity contribution in [3.63, 3.8) is 0 Å². The zero-order valence-electron chi connectivity index (χ0n) is 15.5. The fourth-order valence-corrected chi connectivity index (χ4v) is 3.23. The topological polar surface area (TPSA) is 82.5 Å². The van der Waals surface area contributed by atoms with Crippen LogP contribution >= 0.6 is 0 Å². The molecule has 6 nitrogen and oxygen atoms in total. The van der Waals surface area contributed by atoms with E-state index in [0.29, 0.717) is 23.7 Å². The maximum atomic E-state index is 12.6. The third-order valence-electron chi connectivity index (χ3n) is 4.98. The minimum atomic E-state index is -0.941. The molecule has 2 N–H and O–H groups in total. The van der Waals surface area contributed by atoms with Gasteiger partial charge in [0.25, 0.3) is 5.91 Å². The number of carbonyl (C=O) groups excluding carboxylic acids is 1. The summed E-state index contributed by atoms with van der Waals surface area (Å²) in [5, 5.41) is 12.4. The van der Waals surface area contributed by atoms with Crippen LogP contribution in [0.5, 0.6) is 0 Å². The fourth-order valence-electron chi connectivity index (χ4n) is 3.23. The minimum absolute atomic E-state index is 0.0139. The molecule has 0 radical (unpaired) electrons. The second-order valence-electron chi connectivity index (χ2n) is 7.13. The van der Waals surface area contributed by atoms with E-state index < -0.39 is 12.0 Å². The summed E-state index contributed by atoms with van der Waals surface area (Å²) in [5.74, 6) is 0.154. The van der Waals surface area contributed by atoms with Crippen LogP contribution in [-0.4, -0.2) is 46.0 Å². The maximum absolute atomic E-state index is 12.6. The minimum Gasteiger partial charge on any atom is -0.480 e. The maximum Gasteiger partial charge on any atom is 0.326 e. The van der Waals surface area contributed by atoms with Crippen LogP contribution in [0.4, 0.5) is 5.82 Å². The number of anilines is 1. The molecule has 27 heavy (non-hydrogen) atoms. The number of aliphatic carboxylic acids is 1. The molecule has 1 atom stereocenters. The van der Waals surface area contributed by atoms with Crippen molar-refractivity contribution in [1.29, 1.82) is 0 Å². The monoisotopic (exact) mass is 367 g/mol. The van der Waals surface area contributed by atoms with Crippen LogP contribution in [0.2, 0.25) is 0 Å². The summed E-state index contributed by atoms with van der Waals surface area (Å²) in [4.78, 5) is 30.2. The van der Waals surface area contributed by atoms with Gasteiger partial charge in [-0.2, -0.15) is 0 Å². The molecule has 1 saturated heterocycles. The third-order valence-corrected chi connectivity index (χ3v) is 4.98. The number of aromatic nitrogens is 1. The molecule has 1 aromatic heterocycles. The second kappa shape index (κ2) is 8.66. The van der Waals surface area contributed by atoms with Crippen LogP contribution < -0.4 is 5.32 Å². The number of carbonyl (C=O) groups is 2. The molecule has 0 bridgehead atoms. The van der Waals surface area contributed by atoms with Gasteiger partial charge in [0, 0.05) is 25.7 Å². The van der Waals surface area contributed by atoms with Crippen molar-refractivity contribution < 1.29 is 14.7 Å². The van der Waals surface area contributed by atoms with Gasteiger partial charge in [-0.3, -0.25) is 4.79 Å². The lowest BCUT2D eigenvalue weighted by atomic mass is 9.99. The van der Waals surface area contributed by atoms with Crippen LogP contribution in [0.25, 0.3) is 0 Å². The Morgan fingerprint density at radius 3 is 2.48 bits per heavy atom. The molecule has 6 heteroatoms. The first kappa shape index (κ1) is 18.9. The number of piperidine rings is 1. The third kappa shape index (κ3) is 5.06. The predicted octanol–water partition coefficient (Wildman–Crippen LogP) is 3.06. The molecule has 2 aromatic rings. The molecule has 1 amide bonds. The predicted molar refractivity (Wildman–Crippen MR) is 104 cm³/mol. The lowest BCUT2D eigenvalue weighted by molar-refractivity contribution is -0.137. The standard InChI is InChI=1S/C21H25N3O3/c1-15-9-11-24(12-10-15)20(25)17-7-8-19(22-14-17)23-18(21(26)27)13-16-5-3-2-4-6-16/h2-8,14-15,18H,9-13H2,1H3,(H,22,23)(H,26,27)/t18-/m1/s1. The van der Waals surface area contributed by atoms with Crippen LogP contribution in [0, 0.1) is 5.92 Å². The molecule has 1 aromatic carbocycles. The van der Waals surface area contributed by atoms with E-state index in [1.807, 2.05) is 35.2 Å². The Labute approximate surface area is 159 Å². The Balaban J connectivity index is 1.63. The summed E-state index contributed by atoms with van der Waals surface area (Å²) in [5.41, 5.74) is 1.47. The lowest BCUT2D eigenvalue weighted by Crippen LogP contribution is -2.38. The van der Waals surface area contributed by atoms with Gasteiger partial charge in [0.15, 0.2) is 0 Å². The number of nitrogens with one attached hydrogen (secondary N) is 1. The molecule has 0 saturated carbocycles. The van der Waals surface area contributed by atoms with Crippen LogP contribution in [0.1, 0.15) is 35.7 Å². The van der Waals surface area contributed by atoms with Gasteiger partial charge in [0.2, 0.25) is 0 Å². The smallest absolute Gasteiger partial charge is 0.326 e. The summed E-state index contributed by atoms with van der Waals surface area (Å²) < 4.78 is 0. The Morgan fingerprint density at radius 2 is 1.89 bits per heavy atom. The summed E-state index contributed by atoms with van der Waals surface area (Å²) in [6, 6.07) is 12.0. The zero-order chi connectivity index (χ0) is 19.2. The summed E-state index contributed by atoms with van der Waals surface area (Å²) in [6.07, 6.45) is 3.92. The van der Waals surface area contributed by atoms with E-state index in [4.69, 9.17) is 0 Å². The van der Waals surface area contributed by atoms with Crippen molar-refractivity contribution in [1.82, 2.24) is 9.88 Å². The highest BCUT2D eigenvalue weighted by molar-refractivity contribution is 5.94. The Hall–Kier alpha value is -2.89. The van der Waals surface area contributed by atoms with Gasteiger partial charge < -0.3 is 15.3 Å². The highest BCUT2D eigenvalue weighted by atomic mass is 16.4. The fraction of sp³-hybridized carbons (Fsp3) is 0.381. The highest BCUT2D eigenvalue weighted by Crippen LogP contribution is 2.18. The number of amides is 1. The molecule has 3 rings (SSSR count). The van der Waals surface area contributed by atoms with E-state index >= 15 is 0 Å². The molecular weight excluding hydrogens is 342 g/mol. The molecule has 1 fully saturated rings. The van der Waals surface area contributed by atoms with Gasteiger partial charge >= 0.3 is 5.97 Å². The first-order valence-electron chi connectivity index (χ1n) is 9.31. The van der Waals surface area contributed by atoms with E-state index in [0.717, 1.165) is 31.5 Å². The molecule has 2 heterocycles. The molecule has 0 aliphatic carbocycles. The molecule has 0 unspecified atom stereocenters. The van der Waals surface area contributed by atoms with Crippen molar-refractivity contribution in [3.8, 4) is 0 Å².